The summed E-state index contributed by atoms with van der Waals surface area (Å²) in [6.07, 6.45) is 0.790. The summed E-state index contributed by atoms with van der Waals surface area (Å²) in [5.41, 5.74) is 3.48. The lowest BCUT2D eigenvalue weighted by molar-refractivity contribution is -0.136. The lowest BCUT2D eigenvalue weighted by Gasteiger charge is -2.38. The number of anilines is 1. The summed E-state index contributed by atoms with van der Waals surface area (Å²) in [6.45, 7) is 5.42. The van der Waals surface area contributed by atoms with Gasteiger partial charge in [-0.2, -0.15) is 0 Å². The normalized spacial score (nSPS) is 20.3. The fourth-order valence-corrected chi connectivity index (χ4v) is 5.56. The SMILES string of the molecule is COc1ccc(CN[C@H]2C[C@@H](C(=O)N3CCN(c4ccccc4)CC3)N(Cc3ccccc3Cl)C2)cc1. The summed E-state index contributed by atoms with van der Waals surface area (Å²) in [7, 11) is 1.68. The highest BCUT2D eigenvalue weighted by molar-refractivity contribution is 6.31. The van der Waals surface area contributed by atoms with E-state index in [-0.39, 0.29) is 18.0 Å². The number of likely N-dealkylation sites (tertiary alicyclic amines) is 1. The third-order valence-electron chi connectivity index (χ3n) is 7.49. The Labute approximate surface area is 224 Å². The molecule has 0 aromatic heterocycles. The fraction of sp³-hybridized carbons (Fsp3) is 0.367. The van der Waals surface area contributed by atoms with Crippen LogP contribution in [0.15, 0.2) is 78.9 Å². The number of hydrogen-bond acceptors (Lipinski definition) is 5. The molecule has 6 nitrogen and oxygen atoms in total. The number of rotatable bonds is 8. The van der Waals surface area contributed by atoms with Crippen molar-refractivity contribution in [1.29, 1.82) is 0 Å². The molecule has 3 aromatic rings. The molecule has 2 aliphatic rings. The van der Waals surface area contributed by atoms with Gasteiger partial charge in [0.15, 0.2) is 0 Å². The van der Waals surface area contributed by atoms with Crippen LogP contribution in [0.5, 0.6) is 5.75 Å². The van der Waals surface area contributed by atoms with Gasteiger partial charge in [0.2, 0.25) is 5.91 Å². The van der Waals surface area contributed by atoms with Crippen LogP contribution >= 0.6 is 11.6 Å². The Bertz CT molecular complexity index is 1170. The fourth-order valence-electron chi connectivity index (χ4n) is 5.37. The minimum atomic E-state index is -0.159. The lowest BCUT2D eigenvalue weighted by atomic mass is 10.1. The molecule has 2 heterocycles. The Morgan fingerprint density at radius 2 is 1.65 bits per heavy atom. The zero-order valence-corrected chi connectivity index (χ0v) is 22.1. The highest BCUT2D eigenvalue weighted by Crippen LogP contribution is 2.27. The van der Waals surface area contributed by atoms with Crippen LogP contribution in [0.4, 0.5) is 5.69 Å². The predicted octanol–water partition coefficient (Wildman–Crippen LogP) is 4.43. The molecule has 2 atom stereocenters. The highest BCUT2D eigenvalue weighted by Gasteiger charge is 2.39. The number of benzene rings is 3. The van der Waals surface area contributed by atoms with Crippen molar-refractivity contribution in [1.82, 2.24) is 15.1 Å². The Balaban J connectivity index is 1.25. The second kappa shape index (κ2) is 12.0. The molecule has 1 amide bonds. The monoisotopic (exact) mass is 518 g/mol. The molecule has 0 spiro atoms. The van der Waals surface area contributed by atoms with Crippen LogP contribution < -0.4 is 15.0 Å². The summed E-state index contributed by atoms with van der Waals surface area (Å²) < 4.78 is 5.27. The van der Waals surface area contributed by atoms with Crippen molar-refractivity contribution in [2.24, 2.45) is 0 Å². The van der Waals surface area contributed by atoms with E-state index in [0.717, 1.165) is 62.0 Å². The van der Waals surface area contributed by atoms with Crippen molar-refractivity contribution < 1.29 is 9.53 Å². The maximum atomic E-state index is 13.8. The predicted molar refractivity (Wildman–Crippen MR) is 149 cm³/mol. The topological polar surface area (TPSA) is 48.1 Å². The van der Waals surface area contributed by atoms with Crippen LogP contribution in [-0.4, -0.2) is 67.6 Å². The van der Waals surface area contributed by atoms with E-state index in [9.17, 15) is 4.79 Å². The van der Waals surface area contributed by atoms with E-state index in [1.807, 2.05) is 36.4 Å². The Morgan fingerprint density at radius 1 is 0.946 bits per heavy atom. The summed E-state index contributed by atoms with van der Waals surface area (Å²) >= 11 is 6.50. The van der Waals surface area contributed by atoms with E-state index in [1.54, 1.807) is 7.11 Å². The van der Waals surface area contributed by atoms with Crippen LogP contribution in [0.3, 0.4) is 0 Å². The molecular weight excluding hydrogens is 484 g/mol. The minimum absolute atomic E-state index is 0.159. The van der Waals surface area contributed by atoms with E-state index in [4.69, 9.17) is 16.3 Å². The molecule has 2 aliphatic heterocycles. The molecule has 194 valence electrons. The van der Waals surface area contributed by atoms with Gasteiger partial charge in [0.1, 0.15) is 5.75 Å². The number of carbonyl (C=O) groups excluding carboxylic acids is 1. The molecule has 0 saturated carbocycles. The number of methoxy groups -OCH3 is 1. The van der Waals surface area contributed by atoms with Gasteiger partial charge in [-0.05, 0) is 47.9 Å². The highest BCUT2D eigenvalue weighted by atomic mass is 35.5. The van der Waals surface area contributed by atoms with E-state index >= 15 is 0 Å². The summed E-state index contributed by atoms with van der Waals surface area (Å²) in [6, 6.07) is 26.6. The first kappa shape index (κ1) is 25.6. The smallest absolute Gasteiger partial charge is 0.240 e. The zero-order valence-electron chi connectivity index (χ0n) is 21.4. The third-order valence-corrected chi connectivity index (χ3v) is 7.86. The van der Waals surface area contributed by atoms with Gasteiger partial charge < -0.3 is 19.9 Å². The van der Waals surface area contributed by atoms with E-state index in [1.165, 1.54) is 11.3 Å². The number of halogens is 1. The number of nitrogens with zero attached hydrogens (tertiary/aromatic N) is 3. The molecule has 7 heteroatoms. The first-order valence-electron chi connectivity index (χ1n) is 13.0. The van der Waals surface area contributed by atoms with Gasteiger partial charge in [0.25, 0.3) is 0 Å². The molecule has 37 heavy (non-hydrogen) atoms. The molecule has 0 radical (unpaired) electrons. The zero-order chi connectivity index (χ0) is 25.6. The van der Waals surface area contributed by atoms with Gasteiger partial charge in [0, 0.05) is 62.6 Å². The summed E-state index contributed by atoms with van der Waals surface area (Å²) in [5, 5.41) is 4.44. The van der Waals surface area contributed by atoms with Crippen molar-refractivity contribution in [2.75, 3.05) is 44.7 Å². The van der Waals surface area contributed by atoms with E-state index < -0.39 is 0 Å². The second-order valence-corrected chi connectivity index (χ2v) is 10.3. The molecular formula is C30H35ClN4O2. The molecule has 2 saturated heterocycles. The van der Waals surface area contributed by atoms with Gasteiger partial charge in [-0.1, -0.05) is 60.1 Å². The van der Waals surface area contributed by atoms with Crippen molar-refractivity contribution >= 4 is 23.2 Å². The van der Waals surface area contributed by atoms with Gasteiger partial charge in [-0.3, -0.25) is 9.69 Å². The molecule has 1 N–H and O–H groups in total. The van der Waals surface area contributed by atoms with Gasteiger partial charge >= 0.3 is 0 Å². The van der Waals surface area contributed by atoms with Crippen molar-refractivity contribution in [3.05, 3.63) is 95.0 Å². The standard InChI is InChI=1S/C30H35ClN4O2/c1-37-27-13-11-23(12-14-27)20-32-25-19-29(35(22-25)21-24-7-5-6-10-28(24)31)30(36)34-17-15-33(16-18-34)26-8-3-2-4-9-26/h2-14,25,29,32H,15-22H2,1H3/t25-,29-/m0/s1. The Hall–Kier alpha value is -3.06. The molecule has 2 fully saturated rings. The number of ether oxygens (including phenoxy) is 1. The molecule has 0 unspecified atom stereocenters. The van der Waals surface area contributed by atoms with E-state index in [0.29, 0.717) is 6.54 Å². The number of piperazine rings is 1. The van der Waals surface area contributed by atoms with Crippen LogP contribution in [0.25, 0.3) is 0 Å². The maximum absolute atomic E-state index is 13.8. The number of amides is 1. The second-order valence-electron chi connectivity index (χ2n) is 9.85. The molecule has 3 aromatic carbocycles. The quantitative estimate of drug-likeness (QED) is 0.478. The number of nitrogens with one attached hydrogen (secondary N) is 1. The largest absolute Gasteiger partial charge is 0.497 e. The molecule has 0 bridgehead atoms. The Kier molecular flexibility index (Phi) is 8.29. The van der Waals surface area contributed by atoms with Crippen LogP contribution in [0.1, 0.15) is 17.5 Å². The van der Waals surface area contributed by atoms with E-state index in [2.05, 4.69) is 62.5 Å². The first-order chi connectivity index (χ1) is 18.1. The Morgan fingerprint density at radius 3 is 2.35 bits per heavy atom. The summed E-state index contributed by atoms with van der Waals surface area (Å²) in [4.78, 5) is 20.5. The number of carbonyl (C=O) groups is 1. The number of hydrogen-bond donors (Lipinski definition) is 1. The van der Waals surface area contributed by atoms with Crippen LogP contribution in [0, 0.1) is 0 Å². The van der Waals surface area contributed by atoms with Crippen molar-refractivity contribution in [3.8, 4) is 5.75 Å². The van der Waals surface area contributed by atoms with Crippen LogP contribution in [-0.2, 0) is 17.9 Å². The average molecular weight is 519 g/mol. The van der Waals surface area contributed by atoms with Gasteiger partial charge in [-0.25, -0.2) is 0 Å². The average Bonchev–Trinajstić information content (AvgIpc) is 3.36. The van der Waals surface area contributed by atoms with Gasteiger partial charge in [0.05, 0.1) is 13.2 Å². The number of para-hydroxylation sites is 1. The molecule has 5 rings (SSSR count). The first-order valence-corrected chi connectivity index (χ1v) is 13.4. The third kappa shape index (κ3) is 6.27. The van der Waals surface area contributed by atoms with Crippen molar-refractivity contribution in [3.63, 3.8) is 0 Å². The maximum Gasteiger partial charge on any atom is 0.240 e. The van der Waals surface area contributed by atoms with Crippen molar-refractivity contribution in [2.45, 2.75) is 31.6 Å². The lowest BCUT2D eigenvalue weighted by Crippen LogP contribution is -2.53. The molecule has 0 aliphatic carbocycles. The minimum Gasteiger partial charge on any atom is -0.497 e. The van der Waals surface area contributed by atoms with Crippen LogP contribution in [0.2, 0.25) is 5.02 Å². The van der Waals surface area contributed by atoms with Gasteiger partial charge in [-0.15, -0.1) is 0 Å². The summed E-state index contributed by atoms with van der Waals surface area (Å²) in [5.74, 6) is 1.09.